The quantitative estimate of drug-likeness (QED) is 0.782. The Morgan fingerprint density at radius 3 is 2.79 bits per heavy atom. The van der Waals surface area contributed by atoms with Crippen molar-refractivity contribution in [2.75, 3.05) is 4.72 Å². The second kappa shape index (κ2) is 4.94. The fraction of sp³-hybridized carbons (Fsp3) is 0.100. The number of hydrogen-bond acceptors (Lipinski definition) is 4. The number of rotatable bonds is 4. The minimum atomic E-state index is -4.19. The Balaban J connectivity index is 2.40. The molecule has 6 nitrogen and oxygen atoms in total. The summed E-state index contributed by atoms with van der Waals surface area (Å²) in [4.78, 5) is 0. The number of H-pyrrole nitrogens is 1. The first kappa shape index (κ1) is 13.4. The number of aromatic nitrogens is 2. The number of halogens is 2. The lowest BCUT2D eigenvalue weighted by Gasteiger charge is -2.08. The SMILES string of the molecule is O=S(=O)(Nc1cccc(F)c1F)c1[nH]ncc1CO. The Kier molecular flexibility index (Phi) is 3.49. The van der Waals surface area contributed by atoms with E-state index in [0.29, 0.717) is 0 Å². The molecule has 0 aliphatic heterocycles. The average molecular weight is 289 g/mol. The lowest BCUT2D eigenvalue weighted by Crippen LogP contribution is -2.16. The van der Waals surface area contributed by atoms with Crippen molar-refractivity contribution in [1.29, 1.82) is 0 Å². The predicted molar refractivity (Wildman–Crippen MR) is 61.7 cm³/mol. The normalized spacial score (nSPS) is 11.5. The van der Waals surface area contributed by atoms with Crippen LogP contribution in [0.5, 0.6) is 0 Å². The van der Waals surface area contributed by atoms with Gasteiger partial charge < -0.3 is 5.11 Å². The molecule has 9 heteroatoms. The Hall–Kier alpha value is -2.00. The fourth-order valence-electron chi connectivity index (χ4n) is 1.42. The van der Waals surface area contributed by atoms with E-state index in [1.165, 1.54) is 0 Å². The summed E-state index contributed by atoms with van der Waals surface area (Å²) in [6.45, 7) is -0.557. The zero-order chi connectivity index (χ0) is 14.0. The van der Waals surface area contributed by atoms with Crippen LogP contribution in [0.1, 0.15) is 5.56 Å². The molecule has 0 saturated carbocycles. The first-order chi connectivity index (χ1) is 8.95. The summed E-state index contributed by atoms with van der Waals surface area (Å²) in [6.07, 6.45) is 1.12. The molecule has 102 valence electrons. The highest BCUT2D eigenvalue weighted by Gasteiger charge is 2.22. The number of benzene rings is 1. The average Bonchev–Trinajstić information content (AvgIpc) is 2.84. The minimum Gasteiger partial charge on any atom is -0.392 e. The van der Waals surface area contributed by atoms with E-state index in [0.717, 1.165) is 24.4 Å². The van der Waals surface area contributed by atoms with Gasteiger partial charge in [-0.05, 0) is 12.1 Å². The zero-order valence-corrected chi connectivity index (χ0v) is 10.2. The molecule has 0 saturated heterocycles. The lowest BCUT2D eigenvalue weighted by atomic mass is 10.3. The van der Waals surface area contributed by atoms with Gasteiger partial charge in [-0.3, -0.25) is 9.82 Å². The first-order valence-electron chi connectivity index (χ1n) is 5.05. The van der Waals surface area contributed by atoms with Crippen LogP contribution in [0.3, 0.4) is 0 Å². The van der Waals surface area contributed by atoms with Crippen LogP contribution >= 0.6 is 0 Å². The molecule has 0 bridgehead atoms. The molecule has 0 spiro atoms. The topological polar surface area (TPSA) is 95.1 Å². The summed E-state index contributed by atoms with van der Waals surface area (Å²) in [5.74, 6) is -2.48. The number of aliphatic hydroxyl groups is 1. The van der Waals surface area contributed by atoms with E-state index in [9.17, 15) is 17.2 Å². The van der Waals surface area contributed by atoms with Crippen molar-refractivity contribution in [3.05, 3.63) is 41.6 Å². The van der Waals surface area contributed by atoms with Crippen LogP contribution in [0.2, 0.25) is 0 Å². The van der Waals surface area contributed by atoms with Crippen LogP contribution in [0.25, 0.3) is 0 Å². The van der Waals surface area contributed by atoms with Gasteiger partial charge in [0.25, 0.3) is 10.0 Å². The van der Waals surface area contributed by atoms with Gasteiger partial charge in [0, 0.05) is 5.56 Å². The van der Waals surface area contributed by atoms with Crippen molar-refractivity contribution in [2.45, 2.75) is 11.6 Å². The summed E-state index contributed by atoms with van der Waals surface area (Å²) in [5.41, 5.74) is -0.511. The third-order valence-corrected chi connectivity index (χ3v) is 3.69. The summed E-state index contributed by atoms with van der Waals surface area (Å²) in [6, 6.07) is 3.10. The minimum absolute atomic E-state index is 0.0179. The molecule has 0 aliphatic rings. The number of aromatic amines is 1. The Morgan fingerprint density at radius 1 is 1.37 bits per heavy atom. The van der Waals surface area contributed by atoms with E-state index in [4.69, 9.17) is 5.11 Å². The molecule has 0 fully saturated rings. The molecule has 0 amide bonds. The first-order valence-corrected chi connectivity index (χ1v) is 6.54. The van der Waals surface area contributed by atoms with E-state index >= 15 is 0 Å². The van der Waals surface area contributed by atoms with E-state index in [2.05, 4.69) is 10.2 Å². The predicted octanol–water partition coefficient (Wildman–Crippen LogP) is 0.981. The van der Waals surface area contributed by atoms with Crippen LogP contribution in [-0.4, -0.2) is 23.7 Å². The maximum atomic E-state index is 13.4. The fourth-order valence-corrected chi connectivity index (χ4v) is 2.61. The van der Waals surface area contributed by atoms with Crippen molar-refractivity contribution in [1.82, 2.24) is 10.2 Å². The highest BCUT2D eigenvalue weighted by molar-refractivity contribution is 7.92. The second-order valence-electron chi connectivity index (χ2n) is 3.59. The third kappa shape index (κ3) is 2.56. The Bertz CT molecular complexity index is 700. The molecule has 3 N–H and O–H groups in total. The number of aliphatic hydroxyl groups excluding tert-OH is 1. The van der Waals surface area contributed by atoms with Crippen molar-refractivity contribution in [3.63, 3.8) is 0 Å². The third-order valence-electron chi connectivity index (χ3n) is 2.31. The molecule has 0 radical (unpaired) electrons. The molecule has 0 atom stereocenters. The van der Waals surface area contributed by atoms with Crippen LogP contribution in [0.4, 0.5) is 14.5 Å². The van der Waals surface area contributed by atoms with Crippen molar-refractivity contribution >= 4 is 15.7 Å². The Morgan fingerprint density at radius 2 is 2.11 bits per heavy atom. The molecule has 2 aromatic rings. The van der Waals surface area contributed by atoms with Gasteiger partial charge in [-0.25, -0.2) is 8.78 Å². The summed E-state index contributed by atoms with van der Waals surface area (Å²) in [7, 11) is -4.19. The van der Waals surface area contributed by atoms with Crippen molar-refractivity contribution < 1.29 is 22.3 Å². The van der Waals surface area contributed by atoms with Crippen molar-refractivity contribution in [3.8, 4) is 0 Å². The Labute approximate surface area is 107 Å². The van der Waals surface area contributed by atoms with E-state index in [-0.39, 0.29) is 5.56 Å². The molecule has 19 heavy (non-hydrogen) atoms. The smallest absolute Gasteiger partial charge is 0.279 e. The summed E-state index contributed by atoms with van der Waals surface area (Å²) < 4.78 is 52.1. The number of sulfonamides is 1. The van der Waals surface area contributed by atoms with Gasteiger partial charge in [0.1, 0.15) is 0 Å². The zero-order valence-electron chi connectivity index (χ0n) is 9.39. The summed E-state index contributed by atoms with van der Waals surface area (Å²) in [5, 5.41) is 14.2. The van der Waals surface area contributed by atoms with Crippen LogP contribution in [0.15, 0.2) is 29.4 Å². The number of nitrogens with zero attached hydrogens (tertiary/aromatic N) is 1. The van der Waals surface area contributed by atoms with Gasteiger partial charge in [-0.1, -0.05) is 6.07 Å². The lowest BCUT2D eigenvalue weighted by molar-refractivity contribution is 0.278. The van der Waals surface area contributed by atoms with Gasteiger partial charge in [0.2, 0.25) is 0 Å². The number of nitrogens with one attached hydrogen (secondary N) is 2. The van der Waals surface area contributed by atoms with Crippen molar-refractivity contribution in [2.24, 2.45) is 0 Å². The van der Waals surface area contributed by atoms with Gasteiger partial charge >= 0.3 is 0 Å². The second-order valence-corrected chi connectivity index (χ2v) is 5.21. The van der Waals surface area contributed by atoms with Crippen LogP contribution in [0, 0.1) is 11.6 Å². The van der Waals surface area contributed by atoms with E-state index in [1.54, 1.807) is 0 Å². The van der Waals surface area contributed by atoms with Crippen LogP contribution < -0.4 is 4.72 Å². The molecule has 0 aliphatic carbocycles. The highest BCUT2D eigenvalue weighted by atomic mass is 32.2. The maximum Gasteiger partial charge on any atom is 0.279 e. The molecule has 2 rings (SSSR count). The van der Waals surface area contributed by atoms with Crippen LogP contribution in [-0.2, 0) is 16.6 Å². The molecule has 1 aromatic carbocycles. The number of anilines is 1. The molecule has 1 aromatic heterocycles. The maximum absolute atomic E-state index is 13.4. The molecule has 0 unspecified atom stereocenters. The molecular weight excluding hydrogens is 280 g/mol. The van der Waals surface area contributed by atoms with E-state index < -0.39 is 39.0 Å². The van der Waals surface area contributed by atoms with Gasteiger partial charge in [0.15, 0.2) is 16.7 Å². The van der Waals surface area contributed by atoms with E-state index in [1.807, 2.05) is 4.72 Å². The summed E-state index contributed by atoms with van der Waals surface area (Å²) >= 11 is 0. The highest BCUT2D eigenvalue weighted by Crippen LogP contribution is 2.21. The van der Waals surface area contributed by atoms with Gasteiger partial charge in [0.05, 0.1) is 18.5 Å². The largest absolute Gasteiger partial charge is 0.392 e. The standard InChI is InChI=1S/C10H9F2N3O3S/c11-7-2-1-3-8(9(7)12)15-19(17,18)10-6(5-16)4-13-14-10/h1-4,15-16H,5H2,(H,13,14). The number of hydrogen-bond donors (Lipinski definition) is 3. The monoisotopic (exact) mass is 289 g/mol. The molecule has 1 heterocycles. The van der Waals surface area contributed by atoms with Gasteiger partial charge in [-0.2, -0.15) is 13.5 Å². The molecular formula is C10H9F2N3O3S. The van der Waals surface area contributed by atoms with Gasteiger partial charge in [-0.15, -0.1) is 0 Å².